The molecule has 1 amide bonds. The minimum atomic E-state index is -0.714. The molecule has 0 aromatic heterocycles. The van der Waals surface area contributed by atoms with Crippen molar-refractivity contribution in [2.45, 2.75) is 6.42 Å². The van der Waals surface area contributed by atoms with Crippen molar-refractivity contribution >= 4 is 11.6 Å². The van der Waals surface area contributed by atoms with Gasteiger partial charge in [0.25, 0.3) is 5.91 Å². The first-order valence-electron chi connectivity index (χ1n) is 3.99. The Hall–Kier alpha value is -2.15. The van der Waals surface area contributed by atoms with Crippen molar-refractivity contribution in [1.29, 1.82) is 10.7 Å². The van der Waals surface area contributed by atoms with Crippen LogP contribution in [0.15, 0.2) is 24.3 Å². The van der Waals surface area contributed by atoms with E-state index in [4.69, 9.17) is 16.4 Å². The van der Waals surface area contributed by atoms with E-state index < -0.39 is 5.91 Å². The lowest BCUT2D eigenvalue weighted by atomic mass is 10.1. The third-order valence-electron chi connectivity index (χ3n) is 1.76. The molecule has 0 fully saturated rings. The van der Waals surface area contributed by atoms with Crippen LogP contribution in [0.25, 0.3) is 0 Å². The Balaban J connectivity index is 2.75. The highest BCUT2D eigenvalue weighted by atomic mass is 16.1. The zero-order valence-electron chi connectivity index (χ0n) is 7.45. The summed E-state index contributed by atoms with van der Waals surface area (Å²) in [5, 5.41) is 15.8. The largest absolute Gasteiger partial charge is 0.365 e. The summed E-state index contributed by atoms with van der Waals surface area (Å²) in [6, 6.07) is 8.68. The van der Waals surface area contributed by atoms with Crippen molar-refractivity contribution < 1.29 is 4.79 Å². The van der Waals surface area contributed by atoms with Crippen LogP contribution < -0.4 is 5.73 Å². The molecule has 4 nitrogen and oxygen atoms in total. The molecule has 0 unspecified atom stereocenters. The molecule has 3 N–H and O–H groups in total. The highest BCUT2D eigenvalue weighted by Crippen LogP contribution is 2.04. The van der Waals surface area contributed by atoms with Crippen LogP contribution in [0.4, 0.5) is 0 Å². The quantitative estimate of drug-likeness (QED) is 0.678. The van der Waals surface area contributed by atoms with Crippen LogP contribution >= 0.6 is 0 Å². The van der Waals surface area contributed by atoms with Crippen LogP contribution in [0.2, 0.25) is 0 Å². The van der Waals surface area contributed by atoms with Crippen molar-refractivity contribution in [2.75, 3.05) is 0 Å². The standard InChI is InChI=1S/C10H9N3O/c11-6-8-3-1-7(2-4-8)5-9(12)10(13)14/h1-4,12H,5H2,(H2,13,14). The molecular formula is C10H9N3O. The second-order valence-corrected chi connectivity index (χ2v) is 2.83. The Bertz CT molecular complexity index is 400. The smallest absolute Gasteiger partial charge is 0.262 e. The van der Waals surface area contributed by atoms with Gasteiger partial charge in [0.15, 0.2) is 0 Å². The molecule has 0 radical (unpaired) electrons. The zero-order chi connectivity index (χ0) is 10.6. The molecule has 1 aromatic rings. The first kappa shape index (κ1) is 9.93. The molecule has 0 heterocycles. The lowest BCUT2D eigenvalue weighted by molar-refractivity contribution is -0.112. The number of hydrogen-bond acceptors (Lipinski definition) is 3. The SMILES string of the molecule is N#Cc1ccc(CC(=N)C(N)=O)cc1. The van der Waals surface area contributed by atoms with Crippen molar-refractivity contribution in [2.24, 2.45) is 5.73 Å². The van der Waals surface area contributed by atoms with Crippen LogP contribution in [-0.4, -0.2) is 11.6 Å². The highest BCUT2D eigenvalue weighted by Gasteiger charge is 2.04. The number of nitriles is 1. The number of benzene rings is 1. The second-order valence-electron chi connectivity index (χ2n) is 2.83. The number of primary amides is 1. The van der Waals surface area contributed by atoms with E-state index in [1.54, 1.807) is 24.3 Å². The first-order valence-corrected chi connectivity index (χ1v) is 3.99. The molecule has 14 heavy (non-hydrogen) atoms. The summed E-state index contributed by atoms with van der Waals surface area (Å²) in [6.45, 7) is 0. The number of amides is 1. The Morgan fingerprint density at radius 3 is 2.43 bits per heavy atom. The van der Waals surface area contributed by atoms with Crippen molar-refractivity contribution in [3.63, 3.8) is 0 Å². The fourth-order valence-corrected chi connectivity index (χ4v) is 0.988. The van der Waals surface area contributed by atoms with Gasteiger partial charge in [-0.25, -0.2) is 0 Å². The number of nitrogens with one attached hydrogen (secondary N) is 1. The Morgan fingerprint density at radius 2 is 2.00 bits per heavy atom. The normalized spacial score (nSPS) is 9.07. The van der Waals surface area contributed by atoms with E-state index in [0.29, 0.717) is 5.56 Å². The summed E-state index contributed by atoms with van der Waals surface area (Å²) in [4.78, 5) is 10.6. The summed E-state index contributed by atoms with van der Waals surface area (Å²) in [5.41, 5.74) is 6.15. The van der Waals surface area contributed by atoms with Gasteiger partial charge in [-0.05, 0) is 17.7 Å². The van der Waals surface area contributed by atoms with Crippen LogP contribution in [0, 0.1) is 16.7 Å². The maximum Gasteiger partial charge on any atom is 0.262 e. The summed E-state index contributed by atoms with van der Waals surface area (Å²) in [5.74, 6) is -0.714. The van der Waals surface area contributed by atoms with E-state index in [2.05, 4.69) is 0 Å². The zero-order valence-corrected chi connectivity index (χ0v) is 7.45. The lowest BCUT2D eigenvalue weighted by Gasteiger charge is -1.99. The van der Waals surface area contributed by atoms with Gasteiger partial charge in [0.05, 0.1) is 11.6 Å². The van der Waals surface area contributed by atoms with Gasteiger partial charge in [-0.3, -0.25) is 10.2 Å². The third kappa shape index (κ3) is 2.42. The predicted octanol–water partition coefficient (Wildman–Crippen LogP) is 0.606. The highest BCUT2D eigenvalue weighted by molar-refractivity contribution is 6.37. The first-order chi connectivity index (χ1) is 6.63. The van der Waals surface area contributed by atoms with Gasteiger partial charge in [0.1, 0.15) is 5.71 Å². The number of nitrogens with two attached hydrogens (primary N) is 1. The van der Waals surface area contributed by atoms with Crippen molar-refractivity contribution in [1.82, 2.24) is 0 Å². The van der Waals surface area contributed by atoms with E-state index >= 15 is 0 Å². The average Bonchev–Trinajstić information content (AvgIpc) is 2.19. The van der Waals surface area contributed by atoms with Crippen molar-refractivity contribution in [3.05, 3.63) is 35.4 Å². The molecule has 1 aromatic carbocycles. The maximum absolute atomic E-state index is 10.6. The molecule has 0 saturated heterocycles. The van der Waals surface area contributed by atoms with Crippen molar-refractivity contribution in [3.8, 4) is 6.07 Å². The van der Waals surface area contributed by atoms with Crippen LogP contribution in [-0.2, 0) is 11.2 Å². The maximum atomic E-state index is 10.6. The molecular weight excluding hydrogens is 178 g/mol. The number of hydrogen-bond donors (Lipinski definition) is 2. The molecule has 0 aliphatic heterocycles. The summed E-state index contributed by atoms with van der Waals surface area (Å²) >= 11 is 0. The molecule has 4 heteroatoms. The third-order valence-corrected chi connectivity index (χ3v) is 1.76. The van der Waals surface area contributed by atoms with Crippen LogP contribution in [0.3, 0.4) is 0 Å². The van der Waals surface area contributed by atoms with Gasteiger partial charge in [0, 0.05) is 6.42 Å². The molecule has 70 valence electrons. The number of carbonyl (C=O) groups is 1. The molecule has 0 aliphatic carbocycles. The van der Waals surface area contributed by atoms with E-state index in [1.165, 1.54) is 0 Å². The van der Waals surface area contributed by atoms with Crippen LogP contribution in [0.1, 0.15) is 11.1 Å². The van der Waals surface area contributed by atoms with Gasteiger partial charge >= 0.3 is 0 Å². The summed E-state index contributed by atoms with van der Waals surface area (Å²) in [7, 11) is 0. The molecule has 0 atom stereocenters. The molecule has 0 bridgehead atoms. The number of carbonyl (C=O) groups excluding carboxylic acids is 1. The minimum Gasteiger partial charge on any atom is -0.365 e. The van der Waals surface area contributed by atoms with Gasteiger partial charge in [-0.15, -0.1) is 0 Å². The Morgan fingerprint density at radius 1 is 1.43 bits per heavy atom. The topological polar surface area (TPSA) is 90.7 Å². The monoisotopic (exact) mass is 187 g/mol. The summed E-state index contributed by atoms with van der Waals surface area (Å²) < 4.78 is 0. The lowest BCUT2D eigenvalue weighted by Crippen LogP contribution is -2.23. The molecule has 0 aliphatic rings. The van der Waals surface area contributed by atoms with E-state index in [0.717, 1.165) is 5.56 Å². The van der Waals surface area contributed by atoms with E-state index in [9.17, 15) is 4.79 Å². The van der Waals surface area contributed by atoms with Gasteiger partial charge < -0.3 is 5.73 Å². The Labute approximate surface area is 81.5 Å². The molecule has 0 saturated carbocycles. The molecule has 1 rings (SSSR count). The van der Waals surface area contributed by atoms with Gasteiger partial charge in [-0.1, -0.05) is 12.1 Å². The van der Waals surface area contributed by atoms with Gasteiger partial charge in [0.2, 0.25) is 0 Å². The number of rotatable bonds is 3. The fourth-order valence-electron chi connectivity index (χ4n) is 0.988. The van der Waals surface area contributed by atoms with E-state index in [1.807, 2.05) is 6.07 Å². The second kappa shape index (κ2) is 4.19. The Kier molecular flexibility index (Phi) is 2.97. The van der Waals surface area contributed by atoms with E-state index in [-0.39, 0.29) is 12.1 Å². The summed E-state index contributed by atoms with van der Waals surface area (Å²) in [6.07, 6.45) is 0.209. The molecule has 0 spiro atoms. The fraction of sp³-hybridized carbons (Fsp3) is 0.100. The average molecular weight is 187 g/mol. The number of nitrogens with zero attached hydrogens (tertiary/aromatic N) is 1. The van der Waals surface area contributed by atoms with Crippen LogP contribution in [0.5, 0.6) is 0 Å². The minimum absolute atomic E-state index is 0.130. The predicted molar refractivity (Wildman–Crippen MR) is 51.8 cm³/mol. The van der Waals surface area contributed by atoms with Gasteiger partial charge in [-0.2, -0.15) is 5.26 Å².